The van der Waals surface area contributed by atoms with Gasteiger partial charge in [-0.2, -0.15) is 4.39 Å². The fraction of sp³-hybridized carbons (Fsp3) is 0.278. The van der Waals surface area contributed by atoms with Crippen molar-refractivity contribution in [1.82, 2.24) is 14.8 Å². The molecule has 11 heteroatoms. The standard InChI is InChI=1S/C18H16FN5O4S/c19-14-6-5-12(8-15(14)24(26)27)20-16(25)10-29-18-22-21-17(11-3-4-11)23(18)9-13-2-1-7-28-13/h1-2,5-8,11H,3-4,9-10H2,(H,20,25). The number of nitrogens with zero attached hydrogens (tertiary/aromatic N) is 4. The van der Waals surface area contributed by atoms with Gasteiger partial charge < -0.3 is 9.73 Å². The molecule has 9 nitrogen and oxygen atoms in total. The van der Waals surface area contributed by atoms with E-state index in [0.29, 0.717) is 17.6 Å². The lowest BCUT2D eigenvalue weighted by Crippen LogP contribution is -2.15. The van der Waals surface area contributed by atoms with Crippen LogP contribution in [0.4, 0.5) is 15.8 Å². The van der Waals surface area contributed by atoms with Gasteiger partial charge in [0.1, 0.15) is 11.6 Å². The Labute approximate surface area is 168 Å². The summed E-state index contributed by atoms with van der Waals surface area (Å²) in [5, 5.41) is 22.4. The minimum absolute atomic E-state index is 0.0200. The summed E-state index contributed by atoms with van der Waals surface area (Å²) in [7, 11) is 0. The lowest BCUT2D eigenvalue weighted by Gasteiger charge is -2.08. The average Bonchev–Trinajstić information content (AvgIpc) is 3.25. The first-order valence-electron chi connectivity index (χ1n) is 8.83. The number of nitro groups is 1. The molecule has 1 amide bonds. The van der Waals surface area contributed by atoms with Gasteiger partial charge in [0.15, 0.2) is 5.16 Å². The molecular weight excluding hydrogens is 401 g/mol. The van der Waals surface area contributed by atoms with Crippen molar-refractivity contribution in [3.63, 3.8) is 0 Å². The van der Waals surface area contributed by atoms with Crippen LogP contribution in [-0.4, -0.2) is 31.3 Å². The van der Waals surface area contributed by atoms with E-state index in [9.17, 15) is 19.3 Å². The van der Waals surface area contributed by atoms with Gasteiger partial charge in [-0.15, -0.1) is 10.2 Å². The van der Waals surface area contributed by atoms with E-state index in [1.807, 2.05) is 10.6 Å². The van der Waals surface area contributed by atoms with E-state index in [1.54, 1.807) is 12.3 Å². The zero-order valence-corrected chi connectivity index (χ0v) is 15.9. The summed E-state index contributed by atoms with van der Waals surface area (Å²) in [4.78, 5) is 22.2. The maximum atomic E-state index is 13.4. The molecule has 0 radical (unpaired) electrons. The van der Waals surface area contributed by atoms with Crippen LogP contribution in [0.2, 0.25) is 0 Å². The molecule has 1 fully saturated rings. The third kappa shape index (κ3) is 4.45. The summed E-state index contributed by atoms with van der Waals surface area (Å²) in [6.07, 6.45) is 3.72. The maximum absolute atomic E-state index is 13.4. The van der Waals surface area contributed by atoms with Crippen molar-refractivity contribution in [3.05, 3.63) is 64.1 Å². The van der Waals surface area contributed by atoms with Crippen molar-refractivity contribution in [3.8, 4) is 0 Å². The van der Waals surface area contributed by atoms with E-state index in [-0.39, 0.29) is 11.4 Å². The largest absolute Gasteiger partial charge is 0.467 e. The Morgan fingerprint density at radius 3 is 2.90 bits per heavy atom. The van der Waals surface area contributed by atoms with E-state index in [2.05, 4.69) is 15.5 Å². The van der Waals surface area contributed by atoms with Crippen LogP contribution in [-0.2, 0) is 11.3 Å². The number of anilines is 1. The first-order valence-corrected chi connectivity index (χ1v) is 9.82. The first kappa shape index (κ1) is 19.1. The highest BCUT2D eigenvalue weighted by Crippen LogP contribution is 2.40. The number of amides is 1. The normalized spacial score (nSPS) is 13.4. The lowest BCUT2D eigenvalue weighted by molar-refractivity contribution is -0.387. The SMILES string of the molecule is O=C(CSc1nnc(C2CC2)n1Cc1ccco1)Nc1ccc(F)c([N+](=O)[O-])c1. The highest BCUT2D eigenvalue weighted by molar-refractivity contribution is 7.99. The molecule has 0 saturated heterocycles. The van der Waals surface area contributed by atoms with Gasteiger partial charge in [-0.1, -0.05) is 11.8 Å². The van der Waals surface area contributed by atoms with Crippen LogP contribution < -0.4 is 5.32 Å². The Kier molecular flexibility index (Phi) is 5.30. The molecule has 150 valence electrons. The fourth-order valence-electron chi connectivity index (χ4n) is 2.81. The third-order valence-corrected chi connectivity index (χ3v) is 5.31. The molecule has 3 aromatic rings. The fourth-order valence-corrected chi connectivity index (χ4v) is 3.56. The first-order chi connectivity index (χ1) is 14.0. The molecule has 1 aliphatic carbocycles. The number of hydrogen-bond acceptors (Lipinski definition) is 7. The van der Waals surface area contributed by atoms with Crippen molar-refractivity contribution in [1.29, 1.82) is 0 Å². The van der Waals surface area contributed by atoms with Crippen molar-refractivity contribution < 1.29 is 18.5 Å². The number of carbonyl (C=O) groups is 1. The monoisotopic (exact) mass is 417 g/mol. The number of aromatic nitrogens is 3. The van der Waals surface area contributed by atoms with E-state index < -0.39 is 22.3 Å². The number of carbonyl (C=O) groups excluding carboxylic acids is 1. The van der Waals surface area contributed by atoms with Crippen LogP contribution in [0, 0.1) is 15.9 Å². The third-order valence-electron chi connectivity index (χ3n) is 4.34. The topological polar surface area (TPSA) is 116 Å². The summed E-state index contributed by atoms with van der Waals surface area (Å²) in [5.74, 6) is 0.680. The van der Waals surface area contributed by atoms with Gasteiger partial charge in [0.25, 0.3) is 0 Å². The van der Waals surface area contributed by atoms with Gasteiger partial charge in [0.05, 0.1) is 23.5 Å². The number of halogens is 1. The van der Waals surface area contributed by atoms with Crippen LogP contribution >= 0.6 is 11.8 Å². The summed E-state index contributed by atoms with van der Waals surface area (Å²) >= 11 is 1.20. The average molecular weight is 417 g/mol. The summed E-state index contributed by atoms with van der Waals surface area (Å²) in [6, 6.07) is 6.87. The van der Waals surface area contributed by atoms with Crippen molar-refractivity contribution >= 4 is 29.0 Å². The number of furan rings is 1. The Balaban J connectivity index is 1.43. The van der Waals surface area contributed by atoms with Crippen molar-refractivity contribution in [2.24, 2.45) is 0 Å². The van der Waals surface area contributed by atoms with Crippen LogP contribution in [0.25, 0.3) is 0 Å². The predicted molar refractivity (Wildman–Crippen MR) is 102 cm³/mol. The van der Waals surface area contributed by atoms with Crippen LogP contribution in [0.1, 0.15) is 30.3 Å². The summed E-state index contributed by atoms with van der Waals surface area (Å²) < 4.78 is 20.8. The smallest absolute Gasteiger partial charge is 0.306 e. The predicted octanol–water partition coefficient (Wildman–Crippen LogP) is 3.57. The molecule has 0 spiro atoms. The molecule has 2 heterocycles. The zero-order chi connectivity index (χ0) is 20.4. The molecule has 0 bridgehead atoms. The van der Waals surface area contributed by atoms with Gasteiger partial charge in [0, 0.05) is 17.7 Å². The highest BCUT2D eigenvalue weighted by Gasteiger charge is 2.30. The molecule has 0 atom stereocenters. The molecule has 1 aromatic carbocycles. The van der Waals surface area contributed by atoms with E-state index in [0.717, 1.165) is 36.6 Å². The molecule has 4 rings (SSSR count). The molecular formula is C18H16FN5O4S. The minimum atomic E-state index is -0.957. The van der Waals surface area contributed by atoms with E-state index in [1.165, 1.54) is 17.8 Å². The number of hydrogen-bond donors (Lipinski definition) is 1. The number of rotatable bonds is 8. The van der Waals surface area contributed by atoms with Crippen molar-refractivity contribution in [2.45, 2.75) is 30.5 Å². The van der Waals surface area contributed by atoms with Crippen LogP contribution in [0.15, 0.2) is 46.2 Å². The van der Waals surface area contributed by atoms with Gasteiger partial charge in [0.2, 0.25) is 11.7 Å². The zero-order valence-electron chi connectivity index (χ0n) is 15.1. The second-order valence-electron chi connectivity index (χ2n) is 6.54. The minimum Gasteiger partial charge on any atom is -0.467 e. The number of thioether (sulfide) groups is 1. The molecule has 2 aromatic heterocycles. The quantitative estimate of drug-likeness (QED) is 0.338. The number of nitrogens with one attached hydrogen (secondary N) is 1. The molecule has 29 heavy (non-hydrogen) atoms. The summed E-state index contributed by atoms with van der Waals surface area (Å²) in [5.41, 5.74) is -0.540. The Morgan fingerprint density at radius 1 is 1.38 bits per heavy atom. The lowest BCUT2D eigenvalue weighted by atomic mass is 10.2. The van der Waals surface area contributed by atoms with E-state index in [4.69, 9.17) is 4.42 Å². The number of benzene rings is 1. The second kappa shape index (κ2) is 8.03. The molecule has 1 N–H and O–H groups in total. The van der Waals surface area contributed by atoms with Crippen LogP contribution in [0.3, 0.4) is 0 Å². The van der Waals surface area contributed by atoms with Gasteiger partial charge in [-0.3, -0.25) is 19.5 Å². The second-order valence-corrected chi connectivity index (χ2v) is 7.48. The summed E-state index contributed by atoms with van der Waals surface area (Å²) in [6.45, 7) is 0.472. The Morgan fingerprint density at radius 2 is 2.21 bits per heavy atom. The maximum Gasteiger partial charge on any atom is 0.306 e. The Bertz CT molecular complexity index is 1050. The number of nitro benzene ring substituents is 1. The molecule has 0 unspecified atom stereocenters. The van der Waals surface area contributed by atoms with E-state index >= 15 is 0 Å². The van der Waals surface area contributed by atoms with Crippen LogP contribution in [0.5, 0.6) is 0 Å². The van der Waals surface area contributed by atoms with Gasteiger partial charge in [-0.25, -0.2) is 0 Å². The molecule has 0 aliphatic heterocycles. The van der Waals surface area contributed by atoms with Gasteiger partial charge >= 0.3 is 5.69 Å². The van der Waals surface area contributed by atoms with Crippen molar-refractivity contribution in [2.75, 3.05) is 11.1 Å². The van der Waals surface area contributed by atoms with Gasteiger partial charge in [-0.05, 0) is 37.1 Å². The highest BCUT2D eigenvalue weighted by atomic mass is 32.2. The molecule has 1 aliphatic rings. The molecule has 1 saturated carbocycles. The Hall–Kier alpha value is -3.21.